The van der Waals surface area contributed by atoms with Crippen LogP contribution in [0.5, 0.6) is 0 Å². The lowest BCUT2D eigenvalue weighted by atomic mass is 10.2. The highest BCUT2D eigenvalue weighted by Gasteiger charge is 2.20. The second-order valence-corrected chi connectivity index (χ2v) is 6.08. The molecule has 0 saturated carbocycles. The molecule has 0 amide bonds. The highest BCUT2D eigenvalue weighted by molar-refractivity contribution is 7.98. The van der Waals surface area contributed by atoms with Crippen LogP contribution in [0.15, 0.2) is 5.38 Å². The Morgan fingerprint density at radius 2 is 2.50 bits per heavy atom. The van der Waals surface area contributed by atoms with Crippen LogP contribution in [0.25, 0.3) is 4.96 Å². The smallest absolute Gasteiger partial charge is 0.311 e. The third-order valence-corrected chi connectivity index (χ3v) is 4.81. The van der Waals surface area contributed by atoms with Gasteiger partial charge in [-0.2, -0.15) is 11.8 Å². The van der Waals surface area contributed by atoms with Gasteiger partial charge < -0.3 is 4.74 Å². The third-order valence-electron chi connectivity index (χ3n) is 2.97. The molecule has 0 saturated heterocycles. The lowest BCUT2D eigenvalue weighted by Gasteiger charge is -2.11. The van der Waals surface area contributed by atoms with Gasteiger partial charge in [0.1, 0.15) is 0 Å². The van der Waals surface area contributed by atoms with Gasteiger partial charge in [-0.3, -0.25) is 9.20 Å². The number of carbonyl (C=O) groups excluding carboxylic acids is 1. The molecule has 0 spiro atoms. The summed E-state index contributed by atoms with van der Waals surface area (Å²) in [7, 11) is 0. The van der Waals surface area contributed by atoms with Gasteiger partial charge in [0.05, 0.1) is 24.4 Å². The molecule has 3 rings (SSSR count). The number of rotatable bonds is 3. The van der Waals surface area contributed by atoms with Crippen molar-refractivity contribution in [3.8, 4) is 0 Å². The van der Waals surface area contributed by atoms with Gasteiger partial charge in [0, 0.05) is 23.2 Å². The van der Waals surface area contributed by atoms with E-state index in [4.69, 9.17) is 4.74 Å². The van der Waals surface area contributed by atoms with E-state index in [-0.39, 0.29) is 5.97 Å². The molecule has 1 aliphatic rings. The molecule has 0 aliphatic carbocycles. The van der Waals surface area contributed by atoms with Gasteiger partial charge in [0.15, 0.2) is 4.96 Å². The van der Waals surface area contributed by atoms with Crippen molar-refractivity contribution in [3.63, 3.8) is 0 Å². The number of carbonyl (C=O) groups is 1. The number of aromatic nitrogens is 2. The second-order valence-electron chi connectivity index (χ2n) is 4.13. The predicted octanol–water partition coefficient (Wildman–Crippen LogP) is 2.29. The standard InChI is InChI=1S/C12H14N2O2S2/c1-2-16-11(15)5-8-6-18-12-13-9-3-4-17-7-10(9)14(8)12/h6H,2-5,7H2,1H3. The van der Waals surface area contributed by atoms with Crippen LogP contribution in [0.4, 0.5) is 0 Å². The minimum absolute atomic E-state index is 0.164. The summed E-state index contributed by atoms with van der Waals surface area (Å²) < 4.78 is 7.15. The highest BCUT2D eigenvalue weighted by atomic mass is 32.2. The molecule has 0 radical (unpaired) electrons. The monoisotopic (exact) mass is 282 g/mol. The summed E-state index contributed by atoms with van der Waals surface area (Å²) in [5.41, 5.74) is 3.47. The summed E-state index contributed by atoms with van der Waals surface area (Å²) >= 11 is 3.53. The van der Waals surface area contributed by atoms with E-state index in [1.165, 1.54) is 11.4 Å². The Morgan fingerprint density at radius 1 is 1.61 bits per heavy atom. The quantitative estimate of drug-likeness (QED) is 0.810. The number of ether oxygens (including phenoxy) is 1. The molecule has 0 fully saturated rings. The number of thiazole rings is 1. The number of aryl methyl sites for hydroxylation is 1. The zero-order valence-corrected chi connectivity index (χ0v) is 11.8. The van der Waals surface area contributed by atoms with Crippen molar-refractivity contribution in [2.24, 2.45) is 0 Å². The third kappa shape index (κ3) is 2.03. The fourth-order valence-electron chi connectivity index (χ4n) is 2.19. The first kappa shape index (κ1) is 12.0. The van der Waals surface area contributed by atoms with Crippen LogP contribution in [-0.2, 0) is 28.1 Å². The summed E-state index contributed by atoms with van der Waals surface area (Å²) in [6.07, 6.45) is 1.37. The second kappa shape index (κ2) is 4.93. The normalized spacial score (nSPS) is 14.7. The molecule has 1 aliphatic heterocycles. The number of fused-ring (bicyclic) bond motifs is 3. The first-order valence-electron chi connectivity index (χ1n) is 5.99. The fraction of sp³-hybridized carbons (Fsp3) is 0.500. The maximum Gasteiger partial charge on any atom is 0.311 e. The SMILES string of the molecule is CCOC(=O)Cc1csc2nc3c(n12)CSCC3. The van der Waals surface area contributed by atoms with Crippen molar-refractivity contribution in [2.75, 3.05) is 12.4 Å². The van der Waals surface area contributed by atoms with Crippen LogP contribution in [-0.4, -0.2) is 27.7 Å². The summed E-state index contributed by atoms with van der Waals surface area (Å²) in [6, 6.07) is 0. The van der Waals surface area contributed by atoms with Crippen molar-refractivity contribution in [2.45, 2.75) is 25.5 Å². The van der Waals surface area contributed by atoms with Crippen molar-refractivity contribution < 1.29 is 9.53 Å². The highest BCUT2D eigenvalue weighted by Crippen LogP contribution is 2.29. The molecule has 4 nitrogen and oxygen atoms in total. The maximum atomic E-state index is 11.6. The molecular formula is C12H14N2O2S2. The van der Waals surface area contributed by atoms with Gasteiger partial charge in [-0.25, -0.2) is 4.98 Å². The van der Waals surface area contributed by atoms with E-state index >= 15 is 0 Å². The van der Waals surface area contributed by atoms with E-state index in [1.807, 2.05) is 24.1 Å². The average molecular weight is 282 g/mol. The van der Waals surface area contributed by atoms with Crippen LogP contribution >= 0.6 is 23.1 Å². The Labute approximate surface area is 113 Å². The molecule has 0 unspecified atom stereocenters. The Bertz CT molecular complexity index is 588. The van der Waals surface area contributed by atoms with E-state index in [0.29, 0.717) is 13.0 Å². The van der Waals surface area contributed by atoms with Gasteiger partial charge in [-0.1, -0.05) is 0 Å². The van der Waals surface area contributed by atoms with Crippen LogP contribution in [0.3, 0.4) is 0 Å². The average Bonchev–Trinajstić information content (AvgIpc) is 2.89. The molecule has 0 atom stereocenters. The fourth-order valence-corrected chi connectivity index (χ4v) is 4.09. The summed E-state index contributed by atoms with van der Waals surface area (Å²) in [4.78, 5) is 17.2. The predicted molar refractivity (Wildman–Crippen MR) is 73.3 cm³/mol. The largest absolute Gasteiger partial charge is 0.466 e. The zero-order valence-electron chi connectivity index (χ0n) is 10.1. The molecule has 3 heterocycles. The number of imidazole rings is 1. The Hall–Kier alpha value is -1.01. The van der Waals surface area contributed by atoms with Crippen molar-refractivity contribution in [1.82, 2.24) is 9.38 Å². The summed E-state index contributed by atoms with van der Waals surface area (Å²) in [6.45, 7) is 2.26. The molecule has 96 valence electrons. The minimum atomic E-state index is -0.164. The van der Waals surface area contributed by atoms with E-state index < -0.39 is 0 Å². The summed E-state index contributed by atoms with van der Waals surface area (Å²) in [5, 5.41) is 2.01. The van der Waals surface area contributed by atoms with Crippen molar-refractivity contribution in [1.29, 1.82) is 0 Å². The Morgan fingerprint density at radius 3 is 3.33 bits per heavy atom. The topological polar surface area (TPSA) is 43.6 Å². The van der Waals surface area contributed by atoms with E-state index in [1.54, 1.807) is 11.3 Å². The van der Waals surface area contributed by atoms with Gasteiger partial charge in [0.25, 0.3) is 0 Å². The van der Waals surface area contributed by atoms with E-state index in [2.05, 4.69) is 9.38 Å². The first-order chi connectivity index (χ1) is 8.79. The molecule has 2 aromatic rings. The number of hydrogen-bond donors (Lipinski definition) is 0. The molecule has 18 heavy (non-hydrogen) atoms. The Balaban J connectivity index is 1.97. The van der Waals surface area contributed by atoms with Crippen LogP contribution in [0.1, 0.15) is 24.0 Å². The molecule has 0 aromatic carbocycles. The zero-order chi connectivity index (χ0) is 12.5. The van der Waals surface area contributed by atoms with E-state index in [0.717, 1.165) is 28.6 Å². The summed E-state index contributed by atoms with van der Waals surface area (Å²) in [5.74, 6) is 1.97. The van der Waals surface area contributed by atoms with Crippen LogP contribution in [0.2, 0.25) is 0 Å². The number of esters is 1. The lowest BCUT2D eigenvalue weighted by Crippen LogP contribution is -2.11. The van der Waals surface area contributed by atoms with Crippen molar-refractivity contribution in [3.05, 3.63) is 22.5 Å². The Kier molecular flexibility index (Phi) is 3.30. The molecule has 2 aromatic heterocycles. The van der Waals surface area contributed by atoms with Gasteiger partial charge >= 0.3 is 5.97 Å². The minimum Gasteiger partial charge on any atom is -0.466 e. The maximum absolute atomic E-state index is 11.6. The number of nitrogens with zero attached hydrogens (tertiary/aromatic N) is 2. The molecular weight excluding hydrogens is 268 g/mol. The van der Waals surface area contributed by atoms with Crippen LogP contribution < -0.4 is 0 Å². The van der Waals surface area contributed by atoms with Gasteiger partial charge in [-0.15, -0.1) is 11.3 Å². The van der Waals surface area contributed by atoms with Crippen molar-refractivity contribution >= 4 is 34.0 Å². The molecule has 0 N–H and O–H groups in total. The number of hydrogen-bond acceptors (Lipinski definition) is 5. The van der Waals surface area contributed by atoms with E-state index in [9.17, 15) is 4.79 Å². The number of thioether (sulfide) groups is 1. The van der Waals surface area contributed by atoms with Crippen LogP contribution in [0, 0.1) is 0 Å². The first-order valence-corrected chi connectivity index (χ1v) is 8.03. The molecule has 6 heteroatoms. The lowest BCUT2D eigenvalue weighted by molar-refractivity contribution is -0.142. The molecule has 0 bridgehead atoms. The van der Waals surface area contributed by atoms with Gasteiger partial charge in [0.2, 0.25) is 0 Å². The van der Waals surface area contributed by atoms with Gasteiger partial charge in [-0.05, 0) is 12.7 Å².